The Balaban J connectivity index is 3.43. The van der Waals surface area contributed by atoms with Gasteiger partial charge in [0.05, 0.1) is 0 Å². The minimum Gasteiger partial charge on any atom is -0.352 e. The third-order valence-corrected chi connectivity index (χ3v) is 2.40. The maximum absolute atomic E-state index is 11.5. The van der Waals surface area contributed by atoms with Crippen LogP contribution in [0.15, 0.2) is 0 Å². The van der Waals surface area contributed by atoms with Crippen molar-refractivity contribution in [1.29, 1.82) is 0 Å². The molecule has 0 fully saturated rings. The lowest BCUT2D eigenvalue weighted by Crippen LogP contribution is -2.39. The average Bonchev–Trinajstić information content (AvgIpc) is 2.15. The fourth-order valence-corrected chi connectivity index (χ4v) is 1.72. The molecule has 0 rings (SSSR count). The van der Waals surface area contributed by atoms with Crippen molar-refractivity contribution < 1.29 is 4.79 Å². The zero-order valence-corrected chi connectivity index (χ0v) is 11.0. The first kappa shape index (κ1) is 15.4. The summed E-state index contributed by atoms with van der Waals surface area (Å²) in [6, 6.07) is 0.228. The van der Waals surface area contributed by atoms with Crippen molar-refractivity contribution >= 4 is 5.91 Å². The average molecular weight is 229 g/mol. The minimum absolute atomic E-state index is 0.169. The topological polar surface area (TPSA) is 58.4 Å². The molecular formula is C12H27N3O. The van der Waals surface area contributed by atoms with Gasteiger partial charge in [-0.05, 0) is 40.4 Å². The first-order valence-electron chi connectivity index (χ1n) is 6.20. The van der Waals surface area contributed by atoms with E-state index < -0.39 is 0 Å². The molecule has 0 saturated carbocycles. The molecule has 1 atom stereocenters. The Morgan fingerprint density at radius 1 is 1.25 bits per heavy atom. The van der Waals surface area contributed by atoms with Gasteiger partial charge in [-0.25, -0.2) is 0 Å². The lowest BCUT2D eigenvalue weighted by molar-refractivity contribution is -0.121. The Bertz CT molecular complexity index is 183. The van der Waals surface area contributed by atoms with E-state index in [1.54, 1.807) is 0 Å². The van der Waals surface area contributed by atoms with Crippen LogP contribution in [0.5, 0.6) is 0 Å². The van der Waals surface area contributed by atoms with E-state index in [0.717, 1.165) is 38.8 Å². The van der Waals surface area contributed by atoms with Crippen molar-refractivity contribution in [3.8, 4) is 0 Å². The number of carbonyl (C=O) groups is 1. The van der Waals surface area contributed by atoms with Crippen molar-refractivity contribution in [1.82, 2.24) is 10.2 Å². The summed E-state index contributed by atoms with van der Waals surface area (Å²) in [5, 5.41) is 3.00. The number of nitrogens with one attached hydrogen (secondary N) is 1. The van der Waals surface area contributed by atoms with Crippen LogP contribution in [0.1, 0.15) is 39.0 Å². The Morgan fingerprint density at radius 2 is 1.88 bits per heavy atom. The summed E-state index contributed by atoms with van der Waals surface area (Å²) in [6.07, 6.45) is 4.92. The molecule has 4 nitrogen and oxygen atoms in total. The Kier molecular flexibility index (Phi) is 9.24. The van der Waals surface area contributed by atoms with Crippen molar-refractivity contribution in [3.05, 3.63) is 0 Å². The number of nitrogens with zero attached hydrogens (tertiary/aromatic N) is 1. The number of amides is 1. The third-order valence-electron chi connectivity index (χ3n) is 2.40. The first-order valence-corrected chi connectivity index (χ1v) is 6.20. The maximum atomic E-state index is 11.5. The van der Waals surface area contributed by atoms with Gasteiger partial charge in [0, 0.05) is 19.0 Å². The molecule has 0 aliphatic carbocycles. The summed E-state index contributed by atoms with van der Waals surface area (Å²) in [6.45, 7) is 3.68. The highest BCUT2D eigenvalue weighted by atomic mass is 16.1. The van der Waals surface area contributed by atoms with Crippen LogP contribution in [-0.2, 0) is 4.79 Å². The van der Waals surface area contributed by atoms with Crippen molar-refractivity contribution in [2.45, 2.75) is 45.1 Å². The Hall–Kier alpha value is -0.610. The maximum Gasteiger partial charge on any atom is 0.220 e. The smallest absolute Gasteiger partial charge is 0.220 e. The lowest BCUT2D eigenvalue weighted by atomic mass is 10.1. The third kappa shape index (κ3) is 9.93. The van der Waals surface area contributed by atoms with Crippen LogP contribution in [0.4, 0.5) is 0 Å². The molecule has 0 aromatic rings. The molecule has 0 radical (unpaired) electrons. The number of likely N-dealkylation sites (N-methyl/N-ethyl adjacent to an activating group) is 1. The standard InChI is InChI=1S/C12H27N3O/c1-11(10-15(2)3)14-12(16)8-6-4-5-7-9-13/h11H,4-10,13H2,1-3H3,(H,14,16). The number of hydrogen-bond donors (Lipinski definition) is 2. The van der Waals surface area contributed by atoms with Crippen LogP contribution >= 0.6 is 0 Å². The van der Waals surface area contributed by atoms with Gasteiger partial charge >= 0.3 is 0 Å². The van der Waals surface area contributed by atoms with E-state index in [2.05, 4.69) is 10.2 Å². The molecule has 0 aliphatic heterocycles. The van der Waals surface area contributed by atoms with Gasteiger partial charge in [-0.2, -0.15) is 0 Å². The van der Waals surface area contributed by atoms with E-state index >= 15 is 0 Å². The van der Waals surface area contributed by atoms with Gasteiger partial charge in [0.25, 0.3) is 0 Å². The highest BCUT2D eigenvalue weighted by Crippen LogP contribution is 2.02. The molecule has 0 aromatic carbocycles. The van der Waals surface area contributed by atoms with E-state index in [9.17, 15) is 4.79 Å². The molecule has 96 valence electrons. The Morgan fingerprint density at radius 3 is 2.44 bits per heavy atom. The van der Waals surface area contributed by atoms with Crippen molar-refractivity contribution in [3.63, 3.8) is 0 Å². The molecule has 4 heteroatoms. The molecule has 0 aliphatic rings. The summed E-state index contributed by atoms with van der Waals surface area (Å²) in [5.41, 5.74) is 5.40. The van der Waals surface area contributed by atoms with Crippen LogP contribution in [0, 0.1) is 0 Å². The van der Waals surface area contributed by atoms with Gasteiger partial charge in [-0.1, -0.05) is 12.8 Å². The van der Waals surface area contributed by atoms with Crippen LogP contribution in [0.3, 0.4) is 0 Å². The predicted octanol–water partition coefficient (Wildman–Crippen LogP) is 0.962. The van der Waals surface area contributed by atoms with E-state index in [1.165, 1.54) is 0 Å². The summed E-state index contributed by atoms with van der Waals surface area (Å²) < 4.78 is 0. The predicted molar refractivity (Wildman–Crippen MR) is 68.3 cm³/mol. The number of hydrogen-bond acceptors (Lipinski definition) is 3. The first-order chi connectivity index (χ1) is 7.56. The molecule has 1 amide bonds. The number of carbonyl (C=O) groups excluding carboxylic acids is 1. The monoisotopic (exact) mass is 229 g/mol. The number of unbranched alkanes of at least 4 members (excludes halogenated alkanes) is 3. The van der Waals surface area contributed by atoms with Gasteiger partial charge in [-0.15, -0.1) is 0 Å². The van der Waals surface area contributed by atoms with E-state index in [4.69, 9.17) is 5.73 Å². The van der Waals surface area contributed by atoms with Gasteiger partial charge in [0.15, 0.2) is 0 Å². The van der Waals surface area contributed by atoms with Crippen molar-refractivity contribution in [2.75, 3.05) is 27.2 Å². The molecule has 3 N–H and O–H groups in total. The molecule has 0 bridgehead atoms. The zero-order valence-electron chi connectivity index (χ0n) is 11.0. The van der Waals surface area contributed by atoms with E-state index in [-0.39, 0.29) is 11.9 Å². The van der Waals surface area contributed by atoms with Gasteiger partial charge in [0.2, 0.25) is 5.91 Å². The summed E-state index contributed by atoms with van der Waals surface area (Å²) in [7, 11) is 4.02. The highest BCUT2D eigenvalue weighted by molar-refractivity contribution is 5.76. The molecule has 0 aromatic heterocycles. The second-order valence-corrected chi connectivity index (χ2v) is 4.68. The lowest BCUT2D eigenvalue weighted by Gasteiger charge is -2.18. The Labute approximate surface area is 99.6 Å². The van der Waals surface area contributed by atoms with Gasteiger partial charge < -0.3 is 16.0 Å². The second kappa shape index (κ2) is 9.60. The molecule has 1 unspecified atom stereocenters. The molecule has 0 spiro atoms. The van der Waals surface area contributed by atoms with Gasteiger partial charge in [0.1, 0.15) is 0 Å². The quantitative estimate of drug-likeness (QED) is 0.579. The fraction of sp³-hybridized carbons (Fsp3) is 0.917. The summed E-state index contributed by atoms with van der Waals surface area (Å²) >= 11 is 0. The molecular weight excluding hydrogens is 202 g/mol. The van der Waals surface area contributed by atoms with Crippen LogP contribution in [0.2, 0.25) is 0 Å². The van der Waals surface area contributed by atoms with Crippen LogP contribution < -0.4 is 11.1 Å². The molecule has 0 saturated heterocycles. The summed E-state index contributed by atoms with van der Waals surface area (Å²) in [4.78, 5) is 13.6. The largest absolute Gasteiger partial charge is 0.352 e. The fourth-order valence-electron chi connectivity index (χ4n) is 1.72. The van der Waals surface area contributed by atoms with Crippen LogP contribution in [-0.4, -0.2) is 44.0 Å². The minimum atomic E-state index is 0.169. The molecule has 0 heterocycles. The van der Waals surface area contributed by atoms with Crippen LogP contribution in [0.25, 0.3) is 0 Å². The second-order valence-electron chi connectivity index (χ2n) is 4.68. The summed E-state index contributed by atoms with van der Waals surface area (Å²) in [5.74, 6) is 0.169. The normalized spacial score (nSPS) is 12.8. The van der Waals surface area contributed by atoms with Gasteiger partial charge in [-0.3, -0.25) is 4.79 Å². The van der Waals surface area contributed by atoms with Crippen molar-refractivity contribution in [2.24, 2.45) is 5.73 Å². The SMILES string of the molecule is CC(CN(C)C)NC(=O)CCCCCCN. The highest BCUT2D eigenvalue weighted by Gasteiger charge is 2.07. The number of nitrogens with two attached hydrogens (primary N) is 1. The van der Waals surface area contributed by atoms with E-state index in [1.807, 2.05) is 21.0 Å². The number of rotatable bonds is 9. The molecule has 16 heavy (non-hydrogen) atoms. The van der Waals surface area contributed by atoms with E-state index in [0.29, 0.717) is 6.42 Å². The zero-order chi connectivity index (χ0) is 12.4.